The highest BCUT2D eigenvalue weighted by atomic mass is 14.9. The van der Waals surface area contributed by atoms with E-state index in [4.69, 9.17) is 5.73 Å². The van der Waals surface area contributed by atoms with Crippen LogP contribution < -0.4 is 11.1 Å². The number of nitrogens with two attached hydrogens (primary N) is 1. The monoisotopic (exact) mass is 262 g/mol. The van der Waals surface area contributed by atoms with E-state index in [9.17, 15) is 0 Å². The summed E-state index contributed by atoms with van der Waals surface area (Å²) in [6.45, 7) is 12.7. The van der Waals surface area contributed by atoms with Crippen LogP contribution in [0, 0.1) is 0 Å². The van der Waals surface area contributed by atoms with Gasteiger partial charge < -0.3 is 11.1 Å². The van der Waals surface area contributed by atoms with Crippen LogP contribution in [0.5, 0.6) is 0 Å². The Bertz CT molecular complexity index is 371. The minimum absolute atomic E-state index is 0.135. The number of aryl methyl sites for hydroxylation is 1. The van der Waals surface area contributed by atoms with E-state index in [1.54, 1.807) is 0 Å². The molecule has 0 saturated carbocycles. The lowest BCUT2D eigenvalue weighted by molar-refractivity contribution is 0.411. The Morgan fingerprint density at radius 1 is 1.00 bits per heavy atom. The Kier molecular flexibility index (Phi) is 5.57. The van der Waals surface area contributed by atoms with Crippen molar-refractivity contribution in [3.63, 3.8) is 0 Å². The van der Waals surface area contributed by atoms with E-state index in [-0.39, 0.29) is 11.0 Å². The van der Waals surface area contributed by atoms with Crippen LogP contribution in [-0.4, -0.2) is 18.6 Å². The van der Waals surface area contributed by atoms with Crippen LogP contribution >= 0.6 is 0 Å². The normalized spacial score (nSPS) is 12.7. The fourth-order valence-electron chi connectivity index (χ4n) is 2.21. The summed E-state index contributed by atoms with van der Waals surface area (Å²) in [5.41, 5.74) is 8.79. The number of rotatable bonds is 7. The van der Waals surface area contributed by atoms with Gasteiger partial charge in [0, 0.05) is 24.0 Å². The molecule has 0 aromatic heterocycles. The van der Waals surface area contributed by atoms with Gasteiger partial charge in [0.2, 0.25) is 0 Å². The predicted molar refractivity (Wildman–Crippen MR) is 84.6 cm³/mol. The molecule has 1 aromatic carbocycles. The zero-order chi connectivity index (χ0) is 14.5. The zero-order valence-electron chi connectivity index (χ0n) is 13.2. The van der Waals surface area contributed by atoms with Crippen LogP contribution in [0.2, 0.25) is 0 Å². The van der Waals surface area contributed by atoms with Crippen molar-refractivity contribution in [1.82, 2.24) is 5.32 Å². The molecule has 0 heterocycles. The Morgan fingerprint density at radius 3 is 2.05 bits per heavy atom. The molecule has 2 nitrogen and oxygen atoms in total. The molecule has 19 heavy (non-hydrogen) atoms. The molecule has 0 bridgehead atoms. The Morgan fingerprint density at radius 2 is 1.58 bits per heavy atom. The fourth-order valence-corrected chi connectivity index (χ4v) is 2.21. The maximum absolute atomic E-state index is 5.99. The summed E-state index contributed by atoms with van der Waals surface area (Å²) in [5.74, 6) is 0. The SMILES string of the molecule is CCCc1ccc(C(C)(C)CNCC(C)(C)N)cc1. The molecule has 3 N–H and O–H groups in total. The summed E-state index contributed by atoms with van der Waals surface area (Å²) in [4.78, 5) is 0. The van der Waals surface area contributed by atoms with Gasteiger partial charge in [-0.15, -0.1) is 0 Å². The van der Waals surface area contributed by atoms with Gasteiger partial charge in [0.1, 0.15) is 0 Å². The van der Waals surface area contributed by atoms with Crippen LogP contribution in [-0.2, 0) is 11.8 Å². The molecular formula is C17H30N2. The minimum Gasteiger partial charge on any atom is -0.324 e. The highest BCUT2D eigenvalue weighted by Crippen LogP contribution is 2.23. The highest BCUT2D eigenvalue weighted by Gasteiger charge is 2.21. The number of nitrogens with one attached hydrogen (secondary N) is 1. The van der Waals surface area contributed by atoms with Crippen molar-refractivity contribution >= 4 is 0 Å². The Labute approximate surface area is 118 Å². The predicted octanol–water partition coefficient (Wildman–Crippen LogP) is 3.24. The van der Waals surface area contributed by atoms with E-state index < -0.39 is 0 Å². The maximum Gasteiger partial charge on any atom is 0.0223 e. The number of hydrogen-bond donors (Lipinski definition) is 2. The zero-order valence-corrected chi connectivity index (χ0v) is 13.2. The van der Waals surface area contributed by atoms with Crippen LogP contribution in [0.1, 0.15) is 52.2 Å². The molecule has 0 unspecified atom stereocenters. The van der Waals surface area contributed by atoms with Crippen molar-refractivity contribution < 1.29 is 0 Å². The van der Waals surface area contributed by atoms with E-state index >= 15 is 0 Å². The molecule has 0 aliphatic rings. The van der Waals surface area contributed by atoms with Gasteiger partial charge in [0.05, 0.1) is 0 Å². The van der Waals surface area contributed by atoms with E-state index in [0.717, 1.165) is 13.1 Å². The molecule has 1 rings (SSSR count). The van der Waals surface area contributed by atoms with Crippen LogP contribution in [0.4, 0.5) is 0 Å². The van der Waals surface area contributed by atoms with Gasteiger partial charge in [-0.25, -0.2) is 0 Å². The third kappa shape index (κ3) is 5.75. The van der Waals surface area contributed by atoms with Crippen molar-refractivity contribution in [2.45, 2.75) is 58.4 Å². The van der Waals surface area contributed by atoms with Gasteiger partial charge in [-0.05, 0) is 31.4 Å². The summed E-state index contributed by atoms with van der Waals surface area (Å²) in [5, 5.41) is 3.48. The molecule has 0 aliphatic carbocycles. The Hall–Kier alpha value is -0.860. The summed E-state index contributed by atoms with van der Waals surface area (Å²) >= 11 is 0. The smallest absolute Gasteiger partial charge is 0.0223 e. The second kappa shape index (κ2) is 6.53. The van der Waals surface area contributed by atoms with Crippen molar-refractivity contribution in [3.8, 4) is 0 Å². The van der Waals surface area contributed by atoms with E-state index in [1.165, 1.54) is 24.0 Å². The first kappa shape index (κ1) is 16.2. The molecule has 1 aromatic rings. The molecule has 0 radical (unpaired) electrons. The van der Waals surface area contributed by atoms with Gasteiger partial charge in [-0.2, -0.15) is 0 Å². The molecule has 108 valence electrons. The third-order valence-corrected chi connectivity index (χ3v) is 3.42. The third-order valence-electron chi connectivity index (χ3n) is 3.42. The summed E-state index contributed by atoms with van der Waals surface area (Å²) in [7, 11) is 0. The first-order valence-corrected chi connectivity index (χ1v) is 7.33. The van der Waals surface area contributed by atoms with Gasteiger partial charge in [0.25, 0.3) is 0 Å². The quantitative estimate of drug-likeness (QED) is 0.791. The van der Waals surface area contributed by atoms with Crippen LogP contribution in [0.25, 0.3) is 0 Å². The molecule has 0 fully saturated rings. The lowest BCUT2D eigenvalue weighted by atomic mass is 9.84. The van der Waals surface area contributed by atoms with Gasteiger partial charge in [-0.3, -0.25) is 0 Å². The molecule has 0 spiro atoms. The summed E-state index contributed by atoms with van der Waals surface area (Å²) in [6, 6.07) is 9.04. The molecule has 0 amide bonds. The van der Waals surface area contributed by atoms with Gasteiger partial charge >= 0.3 is 0 Å². The molecular weight excluding hydrogens is 232 g/mol. The average Bonchev–Trinajstić information content (AvgIpc) is 2.28. The standard InChI is InChI=1S/C17H30N2/c1-6-7-14-8-10-15(11-9-14)16(2,3)12-19-13-17(4,5)18/h8-11,19H,6-7,12-13,18H2,1-5H3. The van der Waals surface area contributed by atoms with Gasteiger partial charge in [-0.1, -0.05) is 51.5 Å². The molecule has 0 aliphatic heterocycles. The number of benzene rings is 1. The first-order chi connectivity index (χ1) is 8.74. The molecule has 2 heteroatoms. The Balaban J connectivity index is 2.60. The molecule has 0 saturated heterocycles. The van der Waals surface area contributed by atoms with Crippen LogP contribution in [0.15, 0.2) is 24.3 Å². The second-order valence-corrected chi connectivity index (χ2v) is 6.92. The highest BCUT2D eigenvalue weighted by molar-refractivity contribution is 5.28. The number of hydrogen-bond acceptors (Lipinski definition) is 2. The molecule has 0 atom stereocenters. The fraction of sp³-hybridized carbons (Fsp3) is 0.647. The second-order valence-electron chi connectivity index (χ2n) is 6.92. The van der Waals surface area contributed by atoms with Crippen molar-refractivity contribution in [1.29, 1.82) is 0 Å². The van der Waals surface area contributed by atoms with Crippen molar-refractivity contribution in [2.24, 2.45) is 5.73 Å². The lowest BCUT2D eigenvalue weighted by Crippen LogP contribution is -2.46. The van der Waals surface area contributed by atoms with Crippen molar-refractivity contribution in [2.75, 3.05) is 13.1 Å². The maximum atomic E-state index is 5.99. The van der Waals surface area contributed by atoms with Crippen LogP contribution in [0.3, 0.4) is 0 Å². The first-order valence-electron chi connectivity index (χ1n) is 7.33. The van der Waals surface area contributed by atoms with Gasteiger partial charge in [0.15, 0.2) is 0 Å². The average molecular weight is 262 g/mol. The largest absolute Gasteiger partial charge is 0.324 e. The minimum atomic E-state index is -0.152. The topological polar surface area (TPSA) is 38.0 Å². The summed E-state index contributed by atoms with van der Waals surface area (Å²) < 4.78 is 0. The van der Waals surface area contributed by atoms with E-state index in [2.05, 4.69) is 50.4 Å². The summed E-state index contributed by atoms with van der Waals surface area (Å²) in [6.07, 6.45) is 2.37. The van der Waals surface area contributed by atoms with E-state index in [1.807, 2.05) is 13.8 Å². The van der Waals surface area contributed by atoms with Crippen molar-refractivity contribution in [3.05, 3.63) is 35.4 Å². The lowest BCUT2D eigenvalue weighted by Gasteiger charge is -2.28. The van der Waals surface area contributed by atoms with E-state index in [0.29, 0.717) is 0 Å².